The van der Waals surface area contributed by atoms with Crippen molar-refractivity contribution in [3.05, 3.63) is 71.8 Å². The molecule has 0 aliphatic carbocycles. The van der Waals surface area contributed by atoms with Gasteiger partial charge in [-0.1, -0.05) is 63.1 Å². The second kappa shape index (κ2) is 18.2. The van der Waals surface area contributed by atoms with Crippen LogP contribution in [0.15, 0.2) is 60.7 Å². The van der Waals surface area contributed by atoms with Crippen LogP contribution in [0.2, 0.25) is 0 Å². The molecule has 0 aromatic heterocycles. The fraction of sp³-hybridized carbons (Fsp3) is 0.553. The molecule has 2 aromatic rings. The number of ketones is 1. The first-order valence-electron chi connectivity index (χ1n) is 16.1. The van der Waals surface area contributed by atoms with Crippen LogP contribution in [0.25, 0.3) is 0 Å². The van der Waals surface area contributed by atoms with Crippen molar-refractivity contribution in [2.45, 2.75) is 110 Å². The van der Waals surface area contributed by atoms with Gasteiger partial charge in [0, 0.05) is 31.6 Å². The van der Waals surface area contributed by atoms with E-state index in [9.17, 15) is 9.90 Å². The molecule has 3 rings (SSSR count). The zero-order valence-corrected chi connectivity index (χ0v) is 28.4. The van der Waals surface area contributed by atoms with Crippen LogP contribution in [-0.2, 0) is 37.0 Å². The van der Waals surface area contributed by atoms with Gasteiger partial charge < -0.3 is 33.5 Å². The molecule has 1 N–H and O–H groups in total. The summed E-state index contributed by atoms with van der Waals surface area (Å²) in [6.45, 7) is 11.0. The molecule has 1 aliphatic heterocycles. The zero-order chi connectivity index (χ0) is 33.7. The van der Waals surface area contributed by atoms with Crippen molar-refractivity contribution in [3.63, 3.8) is 0 Å². The normalized spacial score (nSPS) is 20.5. The highest BCUT2D eigenvalue weighted by Crippen LogP contribution is 2.30. The van der Waals surface area contributed by atoms with Crippen molar-refractivity contribution in [1.29, 1.82) is 0 Å². The van der Waals surface area contributed by atoms with Crippen LogP contribution in [0.1, 0.15) is 71.4 Å². The monoisotopic (exact) mass is 636 g/mol. The summed E-state index contributed by atoms with van der Waals surface area (Å²) in [5.74, 6) is 3.65. The number of benzene rings is 2. The first-order chi connectivity index (χ1) is 21.9. The number of ether oxygens (including phenoxy) is 6. The van der Waals surface area contributed by atoms with Gasteiger partial charge in [-0.2, -0.15) is 0 Å². The van der Waals surface area contributed by atoms with Crippen LogP contribution in [0.3, 0.4) is 0 Å². The van der Waals surface area contributed by atoms with Gasteiger partial charge in [-0.05, 0) is 55.2 Å². The molecule has 1 aliphatic rings. The maximum absolute atomic E-state index is 13.0. The molecule has 0 saturated carbocycles. The van der Waals surface area contributed by atoms with Gasteiger partial charge in [0.2, 0.25) is 0 Å². The zero-order valence-electron chi connectivity index (χ0n) is 28.4. The van der Waals surface area contributed by atoms with E-state index < -0.39 is 18.0 Å². The van der Waals surface area contributed by atoms with E-state index in [-0.39, 0.29) is 49.3 Å². The van der Waals surface area contributed by atoms with Crippen molar-refractivity contribution in [2.75, 3.05) is 14.2 Å². The molecular formula is C38H52O8. The molecule has 8 nitrogen and oxygen atoms in total. The first kappa shape index (κ1) is 37.3. The van der Waals surface area contributed by atoms with Crippen LogP contribution in [0.5, 0.6) is 11.5 Å². The molecule has 0 bridgehead atoms. The summed E-state index contributed by atoms with van der Waals surface area (Å²) in [6, 6.07) is 15.4. The molecule has 0 spiro atoms. The average Bonchev–Trinajstić information content (AvgIpc) is 3.01. The molecule has 0 radical (unpaired) electrons. The molecule has 46 heavy (non-hydrogen) atoms. The van der Waals surface area contributed by atoms with Gasteiger partial charge in [-0.3, -0.25) is 4.79 Å². The lowest BCUT2D eigenvalue weighted by molar-refractivity contribution is -0.289. The third-order valence-corrected chi connectivity index (χ3v) is 7.99. The molecule has 2 aromatic carbocycles. The summed E-state index contributed by atoms with van der Waals surface area (Å²) in [5, 5.41) is 10.6. The van der Waals surface area contributed by atoms with E-state index >= 15 is 0 Å². The summed E-state index contributed by atoms with van der Waals surface area (Å²) < 4.78 is 34.9. The van der Waals surface area contributed by atoms with E-state index in [1.807, 2.05) is 62.4 Å². The SMILES string of the molecule is C#C[C@H](C[C@H](O)CC(=O)C[C@@H]1C[C@H](/C=C/[C@H](C)[C@@H](OCc2ccc(OC)cc2)C(C)C)OC(C)(C)O1)OCc1ccc(OC)cc1. The Morgan fingerprint density at radius 3 is 2.07 bits per heavy atom. The van der Waals surface area contributed by atoms with Crippen molar-refractivity contribution in [2.24, 2.45) is 11.8 Å². The largest absolute Gasteiger partial charge is 0.497 e. The molecule has 1 fully saturated rings. The average molecular weight is 637 g/mol. The number of hydrogen-bond donors (Lipinski definition) is 1. The predicted molar refractivity (Wildman–Crippen MR) is 178 cm³/mol. The molecule has 252 valence electrons. The summed E-state index contributed by atoms with van der Waals surface area (Å²) >= 11 is 0. The van der Waals surface area contributed by atoms with Crippen LogP contribution < -0.4 is 9.47 Å². The highest BCUT2D eigenvalue weighted by Gasteiger charge is 2.36. The molecule has 1 saturated heterocycles. The van der Waals surface area contributed by atoms with E-state index in [2.05, 4.69) is 38.8 Å². The van der Waals surface area contributed by atoms with Crippen LogP contribution in [0, 0.1) is 24.2 Å². The van der Waals surface area contributed by atoms with Crippen LogP contribution in [-0.4, -0.2) is 61.4 Å². The number of Topliss-reactive ketones (excluding diaryl/α,β-unsaturated/α-hetero) is 1. The summed E-state index contributed by atoms with van der Waals surface area (Å²) in [7, 11) is 3.27. The highest BCUT2D eigenvalue weighted by molar-refractivity contribution is 5.79. The van der Waals surface area contributed by atoms with Crippen molar-refractivity contribution >= 4 is 5.78 Å². The maximum atomic E-state index is 13.0. The van der Waals surface area contributed by atoms with Gasteiger partial charge in [0.25, 0.3) is 0 Å². The van der Waals surface area contributed by atoms with Crippen molar-refractivity contribution in [3.8, 4) is 23.8 Å². The van der Waals surface area contributed by atoms with Gasteiger partial charge in [-0.15, -0.1) is 6.42 Å². The van der Waals surface area contributed by atoms with Gasteiger partial charge in [-0.25, -0.2) is 0 Å². The number of methoxy groups -OCH3 is 2. The Morgan fingerprint density at radius 1 is 0.978 bits per heavy atom. The van der Waals surface area contributed by atoms with Gasteiger partial charge in [0.1, 0.15) is 23.4 Å². The van der Waals surface area contributed by atoms with Gasteiger partial charge in [0.15, 0.2) is 5.79 Å². The number of terminal acetylenes is 1. The lowest BCUT2D eigenvalue weighted by atomic mass is 9.93. The van der Waals surface area contributed by atoms with Crippen LogP contribution >= 0.6 is 0 Å². The lowest BCUT2D eigenvalue weighted by Crippen LogP contribution is -2.44. The predicted octanol–water partition coefficient (Wildman–Crippen LogP) is 6.67. The van der Waals surface area contributed by atoms with Gasteiger partial charge >= 0.3 is 0 Å². The Bertz CT molecular complexity index is 1260. The minimum atomic E-state index is -0.917. The third kappa shape index (κ3) is 12.5. The Morgan fingerprint density at radius 2 is 1.54 bits per heavy atom. The topological polar surface area (TPSA) is 92.7 Å². The summed E-state index contributed by atoms with van der Waals surface area (Å²) in [5.41, 5.74) is 2.02. The van der Waals surface area contributed by atoms with E-state index in [4.69, 9.17) is 34.8 Å². The second-order valence-corrected chi connectivity index (χ2v) is 12.8. The molecule has 0 amide bonds. The van der Waals surface area contributed by atoms with E-state index in [0.717, 1.165) is 22.6 Å². The fourth-order valence-electron chi connectivity index (χ4n) is 5.70. The number of rotatable bonds is 18. The minimum Gasteiger partial charge on any atom is -0.497 e. The van der Waals surface area contributed by atoms with Gasteiger partial charge in [0.05, 0.1) is 51.8 Å². The van der Waals surface area contributed by atoms with E-state index in [0.29, 0.717) is 25.6 Å². The smallest absolute Gasteiger partial charge is 0.163 e. The molecule has 6 atom stereocenters. The summed E-state index contributed by atoms with van der Waals surface area (Å²) in [6.07, 6.45) is 8.62. The molecule has 0 unspecified atom stereocenters. The fourth-order valence-corrected chi connectivity index (χ4v) is 5.70. The quantitative estimate of drug-likeness (QED) is 0.143. The second-order valence-electron chi connectivity index (χ2n) is 12.8. The Hall–Kier alpha value is -3.19. The summed E-state index contributed by atoms with van der Waals surface area (Å²) in [4.78, 5) is 13.0. The molecule has 1 heterocycles. The van der Waals surface area contributed by atoms with Crippen molar-refractivity contribution in [1.82, 2.24) is 0 Å². The first-order valence-corrected chi connectivity index (χ1v) is 16.1. The van der Waals surface area contributed by atoms with E-state index in [1.165, 1.54) is 0 Å². The third-order valence-electron chi connectivity index (χ3n) is 7.99. The standard InChI is InChI=1S/C38H52O8/c1-9-32(43-24-28-11-16-33(41-7)17-12-28)21-30(39)20-31(40)22-36-23-35(45-38(5,6)46-36)15-10-27(4)37(26(2)3)44-25-29-13-18-34(42-8)19-14-29/h1,10-19,26-27,30,32,35-37,39H,20-25H2,2-8H3/b15-10+/t27-,30+,32+,35-,36+,37-/m0/s1. The van der Waals surface area contributed by atoms with E-state index in [1.54, 1.807) is 14.2 Å². The Labute approximate surface area is 275 Å². The maximum Gasteiger partial charge on any atom is 0.163 e. The number of carbonyl (C=O) groups excluding carboxylic acids is 1. The highest BCUT2D eigenvalue weighted by atomic mass is 16.7. The molecular weight excluding hydrogens is 584 g/mol. The molecule has 8 heteroatoms. The Kier molecular flexibility index (Phi) is 14.8. The lowest BCUT2D eigenvalue weighted by Gasteiger charge is -2.40. The van der Waals surface area contributed by atoms with Crippen LogP contribution in [0.4, 0.5) is 0 Å². The number of aliphatic hydroxyl groups is 1. The van der Waals surface area contributed by atoms with Crippen molar-refractivity contribution < 1.29 is 38.3 Å². The number of aliphatic hydroxyl groups excluding tert-OH is 1. The number of hydrogen-bond acceptors (Lipinski definition) is 8. The minimum absolute atomic E-state index is 0.0112. The Balaban J connectivity index is 1.49. The number of carbonyl (C=O) groups is 1.